The van der Waals surface area contributed by atoms with Gasteiger partial charge in [0.15, 0.2) is 0 Å². The van der Waals surface area contributed by atoms with Crippen molar-refractivity contribution >= 4 is 0 Å². The standard InChI is InChI=1S/C14H22.C5H12.C2H6/c1-13(2)9-5-3-6-10-14-11-7-4-8-12-14;1-4-5(2)3;1-2/h4,7-8,11-13H,3,5-6,9-10H2,1-2H3;5H,4H2,1-3H3;1-2H3. The van der Waals surface area contributed by atoms with Crippen molar-refractivity contribution in [1.29, 1.82) is 0 Å². The van der Waals surface area contributed by atoms with Gasteiger partial charge in [-0.3, -0.25) is 0 Å². The molecule has 1 rings (SSSR count). The van der Waals surface area contributed by atoms with Crippen LogP contribution in [-0.2, 0) is 6.42 Å². The SMILES string of the molecule is CC.CC(C)CCCCCc1ccccc1.CCC(C)C. The fourth-order valence-electron chi connectivity index (χ4n) is 1.70. The lowest BCUT2D eigenvalue weighted by molar-refractivity contribution is 0.527. The molecule has 1 aromatic rings. The second kappa shape index (κ2) is 17.3. The normalized spacial score (nSPS) is 9.76. The van der Waals surface area contributed by atoms with Crippen LogP contribution < -0.4 is 0 Å². The number of unbranched alkanes of at least 4 members (excludes halogenated alkanes) is 2. The maximum atomic E-state index is 2.30. The highest BCUT2D eigenvalue weighted by molar-refractivity contribution is 5.14. The summed E-state index contributed by atoms with van der Waals surface area (Å²) in [7, 11) is 0. The number of benzene rings is 1. The maximum Gasteiger partial charge on any atom is -0.0279 e. The van der Waals surface area contributed by atoms with E-state index in [1.165, 1.54) is 44.1 Å². The van der Waals surface area contributed by atoms with Gasteiger partial charge >= 0.3 is 0 Å². The van der Waals surface area contributed by atoms with Crippen molar-refractivity contribution in [2.45, 2.75) is 87.0 Å². The van der Waals surface area contributed by atoms with Crippen LogP contribution in [0, 0.1) is 11.8 Å². The fourth-order valence-corrected chi connectivity index (χ4v) is 1.70. The van der Waals surface area contributed by atoms with E-state index < -0.39 is 0 Å². The Bertz CT molecular complexity index is 271. The first kappa shape index (κ1) is 22.5. The molecule has 21 heavy (non-hydrogen) atoms. The van der Waals surface area contributed by atoms with E-state index in [1.807, 2.05) is 13.8 Å². The molecule has 0 aliphatic carbocycles. The lowest BCUT2D eigenvalue weighted by atomic mass is 10.0. The minimum atomic E-state index is 0.867. The highest BCUT2D eigenvalue weighted by Crippen LogP contribution is 2.10. The van der Waals surface area contributed by atoms with Crippen LogP contribution in [-0.4, -0.2) is 0 Å². The van der Waals surface area contributed by atoms with E-state index in [-0.39, 0.29) is 0 Å². The van der Waals surface area contributed by atoms with Crippen LogP contribution in [0.5, 0.6) is 0 Å². The lowest BCUT2D eigenvalue weighted by Crippen LogP contribution is -1.89. The third-order valence-corrected chi connectivity index (χ3v) is 3.41. The Kier molecular flexibility index (Phi) is 18.5. The first-order valence-electron chi connectivity index (χ1n) is 9.10. The van der Waals surface area contributed by atoms with Crippen molar-refractivity contribution in [3.63, 3.8) is 0 Å². The molecule has 0 atom stereocenters. The van der Waals surface area contributed by atoms with Gasteiger partial charge < -0.3 is 0 Å². The molecule has 0 fully saturated rings. The molecule has 0 N–H and O–H groups in total. The average molecular weight is 293 g/mol. The Morgan fingerprint density at radius 1 is 0.762 bits per heavy atom. The van der Waals surface area contributed by atoms with Gasteiger partial charge in [0.05, 0.1) is 0 Å². The quantitative estimate of drug-likeness (QED) is 0.456. The molecule has 0 heteroatoms. The minimum absolute atomic E-state index is 0.867. The Morgan fingerprint density at radius 2 is 1.29 bits per heavy atom. The van der Waals surface area contributed by atoms with Gasteiger partial charge in [0, 0.05) is 0 Å². The first-order valence-corrected chi connectivity index (χ1v) is 9.10. The average Bonchev–Trinajstić information content (AvgIpc) is 2.50. The summed E-state index contributed by atoms with van der Waals surface area (Å²) in [6, 6.07) is 10.8. The zero-order chi connectivity index (χ0) is 16.5. The van der Waals surface area contributed by atoms with E-state index in [2.05, 4.69) is 65.0 Å². The maximum absolute atomic E-state index is 2.30. The fraction of sp³-hybridized carbons (Fsp3) is 0.714. The highest BCUT2D eigenvalue weighted by Gasteiger charge is 1.95. The highest BCUT2D eigenvalue weighted by atomic mass is 14.0. The predicted molar refractivity (Wildman–Crippen MR) is 99.9 cm³/mol. The molecule has 0 radical (unpaired) electrons. The summed E-state index contributed by atoms with van der Waals surface area (Å²) in [5.74, 6) is 1.75. The zero-order valence-corrected chi connectivity index (χ0v) is 15.8. The summed E-state index contributed by atoms with van der Waals surface area (Å²) in [5.41, 5.74) is 1.48. The van der Waals surface area contributed by atoms with Crippen molar-refractivity contribution < 1.29 is 0 Å². The van der Waals surface area contributed by atoms with Gasteiger partial charge in [-0.05, 0) is 30.2 Å². The molecule has 0 bridgehead atoms. The molecule has 0 amide bonds. The van der Waals surface area contributed by atoms with Crippen LogP contribution in [0.1, 0.15) is 86.1 Å². The summed E-state index contributed by atoms with van der Waals surface area (Å²) in [6.45, 7) is 15.2. The summed E-state index contributed by atoms with van der Waals surface area (Å²) in [6.07, 6.45) is 8.06. The molecule has 0 spiro atoms. The largest absolute Gasteiger partial charge is 0.0683 e. The van der Waals surface area contributed by atoms with Crippen molar-refractivity contribution in [2.75, 3.05) is 0 Å². The van der Waals surface area contributed by atoms with Gasteiger partial charge in [-0.25, -0.2) is 0 Å². The summed E-state index contributed by atoms with van der Waals surface area (Å²) >= 11 is 0. The molecule has 0 aliphatic heterocycles. The van der Waals surface area contributed by atoms with Crippen molar-refractivity contribution in [2.24, 2.45) is 11.8 Å². The van der Waals surface area contributed by atoms with E-state index in [0.29, 0.717) is 0 Å². The molecule has 0 aliphatic rings. The molecule has 124 valence electrons. The van der Waals surface area contributed by atoms with Crippen LogP contribution in [0.25, 0.3) is 0 Å². The molecule has 0 saturated carbocycles. The van der Waals surface area contributed by atoms with E-state index in [0.717, 1.165) is 11.8 Å². The minimum Gasteiger partial charge on any atom is -0.0683 e. The second-order valence-corrected chi connectivity index (χ2v) is 6.28. The monoisotopic (exact) mass is 292 g/mol. The summed E-state index contributed by atoms with van der Waals surface area (Å²) in [5, 5.41) is 0. The summed E-state index contributed by atoms with van der Waals surface area (Å²) in [4.78, 5) is 0. The molecule has 0 nitrogen and oxygen atoms in total. The molecular formula is C21H40. The smallest absolute Gasteiger partial charge is 0.0279 e. The van der Waals surface area contributed by atoms with E-state index >= 15 is 0 Å². The Labute approximate surface area is 135 Å². The van der Waals surface area contributed by atoms with Crippen LogP contribution in [0.3, 0.4) is 0 Å². The first-order chi connectivity index (χ1) is 10.1. The number of hydrogen-bond donors (Lipinski definition) is 0. The molecule has 1 aromatic carbocycles. The van der Waals surface area contributed by atoms with Gasteiger partial charge in [0.1, 0.15) is 0 Å². The Morgan fingerprint density at radius 3 is 1.71 bits per heavy atom. The van der Waals surface area contributed by atoms with Gasteiger partial charge in [-0.15, -0.1) is 0 Å². The second-order valence-electron chi connectivity index (χ2n) is 6.28. The predicted octanol–water partition coefficient (Wildman–Crippen LogP) is 7.52. The Hall–Kier alpha value is -0.780. The third-order valence-electron chi connectivity index (χ3n) is 3.41. The topological polar surface area (TPSA) is 0 Å². The van der Waals surface area contributed by atoms with Gasteiger partial charge in [0.2, 0.25) is 0 Å². The molecule has 0 unspecified atom stereocenters. The molecule has 0 aromatic heterocycles. The van der Waals surface area contributed by atoms with Crippen molar-refractivity contribution in [1.82, 2.24) is 0 Å². The molecule has 0 saturated heterocycles. The summed E-state index contributed by atoms with van der Waals surface area (Å²) < 4.78 is 0. The third kappa shape index (κ3) is 19.2. The van der Waals surface area contributed by atoms with Crippen LogP contribution in [0.4, 0.5) is 0 Å². The number of hydrogen-bond acceptors (Lipinski definition) is 0. The lowest BCUT2D eigenvalue weighted by Gasteiger charge is -2.04. The Balaban J connectivity index is 0. The van der Waals surface area contributed by atoms with Gasteiger partial charge in [0.25, 0.3) is 0 Å². The van der Waals surface area contributed by atoms with Crippen molar-refractivity contribution in [3.05, 3.63) is 35.9 Å². The van der Waals surface area contributed by atoms with Gasteiger partial charge in [-0.2, -0.15) is 0 Å². The zero-order valence-electron chi connectivity index (χ0n) is 15.8. The van der Waals surface area contributed by atoms with Crippen molar-refractivity contribution in [3.8, 4) is 0 Å². The molecule has 0 heterocycles. The number of rotatable bonds is 7. The molecular weight excluding hydrogens is 252 g/mol. The van der Waals surface area contributed by atoms with Crippen LogP contribution in [0.2, 0.25) is 0 Å². The van der Waals surface area contributed by atoms with Crippen LogP contribution >= 0.6 is 0 Å². The van der Waals surface area contributed by atoms with Gasteiger partial charge in [-0.1, -0.05) is 104 Å². The number of aryl methyl sites for hydroxylation is 1. The van der Waals surface area contributed by atoms with E-state index in [1.54, 1.807) is 0 Å². The van der Waals surface area contributed by atoms with E-state index in [4.69, 9.17) is 0 Å². The van der Waals surface area contributed by atoms with Crippen LogP contribution in [0.15, 0.2) is 30.3 Å². The van der Waals surface area contributed by atoms with E-state index in [9.17, 15) is 0 Å².